The van der Waals surface area contributed by atoms with Crippen molar-refractivity contribution in [1.29, 1.82) is 0 Å². The lowest BCUT2D eigenvalue weighted by atomic mass is 9.97. The van der Waals surface area contributed by atoms with Crippen LogP contribution in [0.15, 0.2) is 57.9 Å². The van der Waals surface area contributed by atoms with Crippen molar-refractivity contribution in [3.63, 3.8) is 0 Å². The summed E-state index contributed by atoms with van der Waals surface area (Å²) in [6.07, 6.45) is 4.32. The Morgan fingerprint density at radius 3 is 2.63 bits per heavy atom. The van der Waals surface area contributed by atoms with Gasteiger partial charge in [-0.3, -0.25) is 9.69 Å². The molecule has 2 aromatic carbocycles. The molecule has 1 aromatic heterocycles. The van der Waals surface area contributed by atoms with Gasteiger partial charge in [0.05, 0.1) is 30.2 Å². The van der Waals surface area contributed by atoms with E-state index in [0.29, 0.717) is 49.3 Å². The highest BCUT2D eigenvalue weighted by atomic mass is 32.2. The number of benzene rings is 2. The summed E-state index contributed by atoms with van der Waals surface area (Å²) in [6.45, 7) is 2.83. The minimum absolute atomic E-state index is 0.159. The van der Waals surface area contributed by atoms with Gasteiger partial charge >= 0.3 is 0 Å². The van der Waals surface area contributed by atoms with Gasteiger partial charge in [0.25, 0.3) is 0 Å². The fourth-order valence-electron chi connectivity index (χ4n) is 5.06. The fourth-order valence-corrected chi connectivity index (χ4v) is 6.61. The Balaban J connectivity index is 1.25. The van der Waals surface area contributed by atoms with Crippen molar-refractivity contribution in [2.24, 2.45) is 5.92 Å². The molecule has 0 radical (unpaired) electrons. The van der Waals surface area contributed by atoms with E-state index in [1.807, 2.05) is 30.3 Å². The maximum atomic E-state index is 13.3. The Kier molecular flexibility index (Phi) is 8.06. The average Bonchev–Trinajstić information content (AvgIpc) is 3.42. The lowest BCUT2D eigenvalue weighted by molar-refractivity contribution is -0.121. The van der Waals surface area contributed by atoms with Gasteiger partial charge in [-0.15, -0.1) is 0 Å². The summed E-state index contributed by atoms with van der Waals surface area (Å²) in [5.74, 6) is 1.02. The summed E-state index contributed by atoms with van der Waals surface area (Å²) in [5.41, 5.74) is 1.24. The topological polar surface area (TPSA) is 118 Å². The highest BCUT2D eigenvalue weighted by Gasteiger charge is 2.30. The van der Waals surface area contributed by atoms with Gasteiger partial charge < -0.3 is 14.6 Å². The summed E-state index contributed by atoms with van der Waals surface area (Å²) in [7, 11) is -2.14. The Bertz CT molecular complexity index is 1360. The SMILES string of the molecule is COc1ccc(S(=O)(=O)N2CCCCC2)cc1NC(=O)C1CCCN(Cc2nc(-c3ccccc3)no2)C1. The Morgan fingerprint density at radius 2 is 1.87 bits per heavy atom. The summed E-state index contributed by atoms with van der Waals surface area (Å²) < 4.78 is 38.8. The molecule has 2 aliphatic rings. The van der Waals surface area contributed by atoms with Gasteiger partial charge in [-0.1, -0.05) is 41.9 Å². The van der Waals surface area contributed by atoms with Crippen LogP contribution in [0.1, 0.15) is 38.0 Å². The van der Waals surface area contributed by atoms with Crippen LogP contribution in [-0.2, 0) is 21.4 Å². The number of ether oxygens (including phenoxy) is 1. The van der Waals surface area contributed by atoms with E-state index in [2.05, 4.69) is 20.4 Å². The van der Waals surface area contributed by atoms with Crippen molar-refractivity contribution in [3.05, 3.63) is 54.4 Å². The summed E-state index contributed by atoms with van der Waals surface area (Å²) in [5, 5.41) is 7.02. The molecule has 2 aliphatic heterocycles. The largest absolute Gasteiger partial charge is 0.495 e. The van der Waals surface area contributed by atoms with Crippen LogP contribution in [0, 0.1) is 5.92 Å². The first kappa shape index (κ1) is 26.3. The molecule has 3 aromatic rings. The monoisotopic (exact) mass is 539 g/mol. The molecule has 5 rings (SSSR count). The van der Waals surface area contributed by atoms with Crippen LogP contribution in [0.4, 0.5) is 5.69 Å². The third-order valence-corrected chi connectivity index (χ3v) is 9.01. The number of amides is 1. The van der Waals surface area contributed by atoms with E-state index in [-0.39, 0.29) is 16.7 Å². The first-order valence-electron chi connectivity index (χ1n) is 13.0. The van der Waals surface area contributed by atoms with E-state index in [0.717, 1.165) is 44.2 Å². The number of likely N-dealkylation sites (tertiary alicyclic amines) is 1. The van der Waals surface area contributed by atoms with Gasteiger partial charge in [-0.25, -0.2) is 8.42 Å². The molecule has 0 spiro atoms. The number of nitrogens with zero attached hydrogens (tertiary/aromatic N) is 4. The van der Waals surface area contributed by atoms with Crippen molar-refractivity contribution < 1.29 is 22.5 Å². The number of nitrogens with one attached hydrogen (secondary N) is 1. The number of aromatic nitrogens is 2. The number of sulfonamides is 1. The number of carbonyl (C=O) groups excluding carboxylic acids is 1. The van der Waals surface area contributed by atoms with E-state index in [9.17, 15) is 13.2 Å². The zero-order chi connectivity index (χ0) is 26.5. The molecular formula is C27H33N5O5S. The number of rotatable bonds is 8. The molecular weight excluding hydrogens is 506 g/mol. The minimum Gasteiger partial charge on any atom is -0.495 e. The van der Waals surface area contributed by atoms with Crippen LogP contribution in [0.25, 0.3) is 11.4 Å². The number of methoxy groups -OCH3 is 1. The minimum atomic E-state index is -3.64. The number of hydrogen-bond acceptors (Lipinski definition) is 8. The molecule has 0 saturated carbocycles. The zero-order valence-electron chi connectivity index (χ0n) is 21.5. The summed E-state index contributed by atoms with van der Waals surface area (Å²) in [6, 6.07) is 14.3. The molecule has 0 bridgehead atoms. The van der Waals surface area contributed by atoms with Gasteiger partial charge in [0, 0.05) is 25.2 Å². The molecule has 10 nitrogen and oxygen atoms in total. The van der Waals surface area contributed by atoms with E-state index >= 15 is 0 Å². The quantitative estimate of drug-likeness (QED) is 0.460. The molecule has 2 fully saturated rings. The van der Waals surface area contributed by atoms with Crippen LogP contribution in [0.2, 0.25) is 0 Å². The second-order valence-electron chi connectivity index (χ2n) is 9.77. The normalized spacial score (nSPS) is 19.2. The highest BCUT2D eigenvalue weighted by Crippen LogP contribution is 2.31. The van der Waals surface area contributed by atoms with Crippen LogP contribution in [0.5, 0.6) is 5.75 Å². The molecule has 1 amide bonds. The van der Waals surface area contributed by atoms with Crippen molar-refractivity contribution in [2.45, 2.75) is 43.5 Å². The molecule has 1 atom stereocenters. The maximum Gasteiger partial charge on any atom is 0.243 e. The highest BCUT2D eigenvalue weighted by molar-refractivity contribution is 7.89. The molecule has 1 N–H and O–H groups in total. The molecule has 3 heterocycles. The first-order chi connectivity index (χ1) is 18.4. The third kappa shape index (κ3) is 5.90. The molecule has 0 aliphatic carbocycles. The van der Waals surface area contributed by atoms with Crippen LogP contribution in [0.3, 0.4) is 0 Å². The van der Waals surface area contributed by atoms with Gasteiger partial charge in [0.15, 0.2) is 0 Å². The lowest BCUT2D eigenvalue weighted by Gasteiger charge is -2.31. The second kappa shape index (κ2) is 11.6. The number of piperidine rings is 2. The zero-order valence-corrected chi connectivity index (χ0v) is 22.3. The van der Waals surface area contributed by atoms with Gasteiger partial charge in [0.2, 0.25) is 27.6 Å². The predicted octanol–water partition coefficient (Wildman–Crippen LogP) is 3.77. The van der Waals surface area contributed by atoms with Crippen LogP contribution < -0.4 is 10.1 Å². The molecule has 11 heteroatoms. The van der Waals surface area contributed by atoms with E-state index in [1.54, 1.807) is 6.07 Å². The third-order valence-electron chi connectivity index (χ3n) is 7.12. The lowest BCUT2D eigenvalue weighted by Crippen LogP contribution is -2.40. The summed E-state index contributed by atoms with van der Waals surface area (Å²) >= 11 is 0. The Labute approximate surface area is 223 Å². The van der Waals surface area contributed by atoms with Crippen molar-refractivity contribution in [2.75, 3.05) is 38.6 Å². The van der Waals surface area contributed by atoms with Crippen molar-refractivity contribution in [1.82, 2.24) is 19.3 Å². The van der Waals surface area contributed by atoms with Crippen LogP contribution in [-0.4, -0.2) is 67.0 Å². The van der Waals surface area contributed by atoms with Crippen molar-refractivity contribution in [3.8, 4) is 17.1 Å². The standard InChI is InChI=1S/C27H33N5O5S/c1-36-24-13-12-22(38(34,35)32-15-6-3-7-16-32)17-23(24)28-27(33)21-11-8-14-31(18-21)19-25-29-26(30-37-25)20-9-4-2-5-10-20/h2,4-5,9-10,12-13,17,21H,3,6-8,11,14-16,18-19H2,1H3,(H,28,33). The van der Waals surface area contributed by atoms with Crippen LogP contribution >= 0.6 is 0 Å². The number of carbonyl (C=O) groups is 1. The maximum absolute atomic E-state index is 13.3. The molecule has 202 valence electrons. The average molecular weight is 540 g/mol. The van der Waals surface area contributed by atoms with Gasteiger partial charge in [-0.05, 0) is 50.4 Å². The van der Waals surface area contributed by atoms with E-state index in [1.165, 1.54) is 23.5 Å². The first-order valence-corrected chi connectivity index (χ1v) is 14.5. The number of hydrogen-bond donors (Lipinski definition) is 1. The van der Waals surface area contributed by atoms with E-state index in [4.69, 9.17) is 9.26 Å². The summed E-state index contributed by atoms with van der Waals surface area (Å²) in [4.78, 5) is 20.1. The molecule has 38 heavy (non-hydrogen) atoms. The fraction of sp³-hybridized carbons (Fsp3) is 0.444. The predicted molar refractivity (Wildman–Crippen MR) is 142 cm³/mol. The number of anilines is 1. The van der Waals surface area contributed by atoms with E-state index < -0.39 is 10.0 Å². The van der Waals surface area contributed by atoms with Gasteiger partial charge in [-0.2, -0.15) is 9.29 Å². The Morgan fingerprint density at radius 1 is 1.08 bits per heavy atom. The smallest absolute Gasteiger partial charge is 0.243 e. The molecule has 1 unspecified atom stereocenters. The molecule has 2 saturated heterocycles. The van der Waals surface area contributed by atoms with Crippen molar-refractivity contribution >= 4 is 21.6 Å². The Hall–Kier alpha value is -3.28. The van der Waals surface area contributed by atoms with Gasteiger partial charge in [0.1, 0.15) is 5.75 Å². The second-order valence-corrected chi connectivity index (χ2v) is 11.7.